The predicted octanol–water partition coefficient (Wildman–Crippen LogP) is -0.515. The summed E-state index contributed by atoms with van der Waals surface area (Å²) in [7, 11) is 0. The molecule has 0 unspecified atom stereocenters. The molecule has 64 valence electrons. The molecule has 1 aromatic heterocycles. The number of aliphatic hydroxyl groups excluding tert-OH is 1. The first-order valence-corrected chi connectivity index (χ1v) is 2.99. The highest BCUT2D eigenvalue weighted by Crippen LogP contribution is 1.95. The van der Waals surface area contributed by atoms with Gasteiger partial charge in [-0.3, -0.25) is 0 Å². The van der Waals surface area contributed by atoms with Gasteiger partial charge in [-0.2, -0.15) is 4.98 Å². The highest BCUT2D eigenvalue weighted by molar-refractivity contribution is 5.85. The minimum Gasteiger partial charge on any atom is -0.387 e. The lowest BCUT2D eigenvalue weighted by Crippen LogP contribution is -2.03. The highest BCUT2D eigenvalue weighted by Gasteiger charge is 2.01. The number of halogens is 1. The van der Waals surface area contributed by atoms with E-state index in [0.717, 1.165) is 0 Å². The second-order valence-electron chi connectivity index (χ2n) is 1.80. The zero-order valence-corrected chi connectivity index (χ0v) is 6.67. The molecule has 0 radical (unpaired) electrons. The molecular formula is C5H10ClN3O2. The molecule has 1 heterocycles. The van der Waals surface area contributed by atoms with Gasteiger partial charge in [-0.25, -0.2) is 0 Å². The van der Waals surface area contributed by atoms with Gasteiger partial charge in [-0.1, -0.05) is 5.16 Å². The Morgan fingerprint density at radius 2 is 2.27 bits per heavy atom. The van der Waals surface area contributed by atoms with Gasteiger partial charge in [0.05, 0.1) is 0 Å². The summed E-state index contributed by atoms with van der Waals surface area (Å²) in [5, 5.41) is 12.0. The molecule has 0 aliphatic carbocycles. The van der Waals surface area contributed by atoms with E-state index in [0.29, 0.717) is 18.8 Å². The molecule has 0 spiro atoms. The summed E-state index contributed by atoms with van der Waals surface area (Å²) in [4.78, 5) is 3.81. The molecule has 0 aromatic carbocycles. The number of nitrogens with two attached hydrogens (primary N) is 1. The minimum atomic E-state index is -0.211. The summed E-state index contributed by atoms with van der Waals surface area (Å²) < 4.78 is 4.60. The second kappa shape index (κ2) is 5.06. The van der Waals surface area contributed by atoms with Gasteiger partial charge in [0.1, 0.15) is 6.61 Å². The molecular weight excluding hydrogens is 170 g/mol. The predicted molar refractivity (Wildman–Crippen MR) is 40.2 cm³/mol. The molecule has 0 amide bonds. The fourth-order valence-electron chi connectivity index (χ4n) is 0.585. The first-order chi connectivity index (χ1) is 4.86. The van der Waals surface area contributed by atoms with Gasteiger partial charge in [0, 0.05) is 6.42 Å². The lowest BCUT2D eigenvalue weighted by Gasteiger charge is -1.82. The standard InChI is InChI=1S/C5H9N3O2.ClH/c6-2-1-4-7-5(3-9)10-8-4;/h9H,1-3,6H2;1H. The van der Waals surface area contributed by atoms with Crippen LogP contribution in [0, 0.1) is 0 Å². The maximum Gasteiger partial charge on any atom is 0.252 e. The van der Waals surface area contributed by atoms with E-state index >= 15 is 0 Å². The van der Waals surface area contributed by atoms with Crippen molar-refractivity contribution in [2.24, 2.45) is 5.73 Å². The van der Waals surface area contributed by atoms with Crippen molar-refractivity contribution >= 4 is 12.4 Å². The average molecular weight is 180 g/mol. The van der Waals surface area contributed by atoms with E-state index in [1.54, 1.807) is 0 Å². The van der Waals surface area contributed by atoms with Crippen LogP contribution in [0.1, 0.15) is 11.7 Å². The fraction of sp³-hybridized carbons (Fsp3) is 0.600. The molecule has 0 saturated carbocycles. The molecule has 6 heteroatoms. The molecule has 0 atom stereocenters. The first kappa shape index (κ1) is 10.3. The summed E-state index contributed by atoms with van der Waals surface area (Å²) in [6.45, 7) is 0.280. The first-order valence-electron chi connectivity index (χ1n) is 2.99. The molecule has 1 rings (SSSR count). The van der Waals surface area contributed by atoms with Crippen molar-refractivity contribution < 1.29 is 9.63 Å². The zero-order chi connectivity index (χ0) is 7.40. The molecule has 0 bridgehead atoms. The topological polar surface area (TPSA) is 85.2 Å². The van der Waals surface area contributed by atoms with E-state index in [2.05, 4.69) is 14.7 Å². The van der Waals surface area contributed by atoms with Crippen LogP contribution in [-0.4, -0.2) is 21.8 Å². The molecule has 5 nitrogen and oxygen atoms in total. The van der Waals surface area contributed by atoms with Crippen LogP contribution in [0.15, 0.2) is 4.52 Å². The Morgan fingerprint density at radius 3 is 2.73 bits per heavy atom. The minimum absolute atomic E-state index is 0. The Balaban J connectivity index is 0.000001000. The third-order valence-electron chi connectivity index (χ3n) is 1.01. The van der Waals surface area contributed by atoms with Crippen molar-refractivity contribution in [1.82, 2.24) is 10.1 Å². The van der Waals surface area contributed by atoms with Crippen LogP contribution >= 0.6 is 12.4 Å². The van der Waals surface area contributed by atoms with Gasteiger partial charge in [0.2, 0.25) is 0 Å². The maximum atomic E-state index is 8.49. The third kappa shape index (κ3) is 2.83. The van der Waals surface area contributed by atoms with Crippen molar-refractivity contribution in [3.8, 4) is 0 Å². The lowest BCUT2D eigenvalue weighted by atomic mass is 10.4. The van der Waals surface area contributed by atoms with Gasteiger partial charge >= 0.3 is 0 Å². The largest absolute Gasteiger partial charge is 0.387 e. The molecule has 1 aromatic rings. The molecule has 0 aliphatic rings. The maximum absolute atomic E-state index is 8.49. The number of aromatic nitrogens is 2. The van der Waals surface area contributed by atoms with E-state index in [1.807, 2.05) is 0 Å². The molecule has 0 fully saturated rings. The summed E-state index contributed by atoms with van der Waals surface area (Å²) in [5.41, 5.74) is 5.23. The zero-order valence-electron chi connectivity index (χ0n) is 5.86. The number of aliphatic hydroxyl groups is 1. The highest BCUT2D eigenvalue weighted by atomic mass is 35.5. The van der Waals surface area contributed by atoms with Crippen LogP contribution in [0.3, 0.4) is 0 Å². The lowest BCUT2D eigenvalue weighted by molar-refractivity contribution is 0.222. The van der Waals surface area contributed by atoms with Crippen molar-refractivity contribution in [3.05, 3.63) is 11.7 Å². The number of rotatable bonds is 3. The van der Waals surface area contributed by atoms with Crippen molar-refractivity contribution in [2.45, 2.75) is 13.0 Å². The Kier molecular flexibility index (Phi) is 4.76. The Hall–Kier alpha value is -0.650. The summed E-state index contributed by atoms with van der Waals surface area (Å²) >= 11 is 0. The van der Waals surface area contributed by atoms with Gasteiger partial charge < -0.3 is 15.4 Å². The normalized spacial score (nSPS) is 9.27. The van der Waals surface area contributed by atoms with Gasteiger partial charge in [-0.15, -0.1) is 12.4 Å². The summed E-state index contributed by atoms with van der Waals surface area (Å²) in [5.74, 6) is 0.787. The summed E-state index contributed by atoms with van der Waals surface area (Å²) in [6, 6.07) is 0. The average Bonchev–Trinajstić information content (AvgIpc) is 2.37. The van der Waals surface area contributed by atoms with E-state index in [-0.39, 0.29) is 24.9 Å². The Morgan fingerprint density at radius 1 is 1.55 bits per heavy atom. The number of hydrogen-bond donors (Lipinski definition) is 2. The Bertz CT molecular complexity index is 203. The van der Waals surface area contributed by atoms with E-state index < -0.39 is 0 Å². The van der Waals surface area contributed by atoms with Crippen LogP contribution in [0.4, 0.5) is 0 Å². The van der Waals surface area contributed by atoms with Crippen molar-refractivity contribution in [2.75, 3.05) is 6.54 Å². The van der Waals surface area contributed by atoms with Crippen molar-refractivity contribution in [1.29, 1.82) is 0 Å². The van der Waals surface area contributed by atoms with Gasteiger partial charge in [0.15, 0.2) is 5.82 Å². The molecule has 3 N–H and O–H groups in total. The Labute approximate surface area is 70.0 Å². The third-order valence-corrected chi connectivity index (χ3v) is 1.01. The van der Waals surface area contributed by atoms with Crippen LogP contribution in [-0.2, 0) is 13.0 Å². The monoisotopic (exact) mass is 179 g/mol. The van der Waals surface area contributed by atoms with E-state index in [1.165, 1.54) is 0 Å². The number of nitrogens with zero attached hydrogens (tertiary/aromatic N) is 2. The van der Waals surface area contributed by atoms with Crippen LogP contribution in [0.5, 0.6) is 0 Å². The smallest absolute Gasteiger partial charge is 0.252 e. The van der Waals surface area contributed by atoms with E-state index in [9.17, 15) is 0 Å². The molecule has 0 aliphatic heterocycles. The SMILES string of the molecule is Cl.NCCc1noc(CO)n1. The van der Waals surface area contributed by atoms with Crippen LogP contribution in [0.2, 0.25) is 0 Å². The fourth-order valence-corrected chi connectivity index (χ4v) is 0.585. The van der Waals surface area contributed by atoms with Crippen LogP contribution < -0.4 is 5.73 Å². The quantitative estimate of drug-likeness (QED) is 0.653. The molecule has 11 heavy (non-hydrogen) atoms. The van der Waals surface area contributed by atoms with E-state index in [4.69, 9.17) is 10.8 Å². The van der Waals surface area contributed by atoms with Gasteiger partial charge in [0.25, 0.3) is 5.89 Å². The summed E-state index contributed by atoms with van der Waals surface area (Å²) in [6.07, 6.45) is 0.587. The number of hydrogen-bond acceptors (Lipinski definition) is 5. The van der Waals surface area contributed by atoms with Gasteiger partial charge in [-0.05, 0) is 6.54 Å². The van der Waals surface area contributed by atoms with Crippen molar-refractivity contribution in [3.63, 3.8) is 0 Å². The second-order valence-corrected chi connectivity index (χ2v) is 1.80. The molecule has 0 saturated heterocycles. The van der Waals surface area contributed by atoms with Crippen LogP contribution in [0.25, 0.3) is 0 Å².